The van der Waals surface area contributed by atoms with E-state index in [1.54, 1.807) is 43.6 Å². The fourth-order valence-corrected chi connectivity index (χ4v) is 4.55. The normalized spacial score (nSPS) is 22.8. The van der Waals surface area contributed by atoms with Crippen LogP contribution in [0.15, 0.2) is 36.9 Å². The fraction of sp³-hybridized carbons (Fsp3) is 0.522. The van der Waals surface area contributed by atoms with Crippen molar-refractivity contribution in [3.05, 3.63) is 48.0 Å². The summed E-state index contributed by atoms with van der Waals surface area (Å²) in [6.07, 6.45) is 5.97. The molecule has 10 nitrogen and oxygen atoms in total. The average molecular weight is 492 g/mol. The van der Waals surface area contributed by atoms with Gasteiger partial charge in [0, 0.05) is 63.5 Å². The van der Waals surface area contributed by atoms with Crippen LogP contribution in [0.25, 0.3) is 0 Å². The van der Waals surface area contributed by atoms with Crippen LogP contribution in [0.2, 0.25) is 0 Å². The quantitative estimate of drug-likeness (QED) is 0.674. The maximum atomic E-state index is 13.3. The molecular weight excluding hydrogens is 458 g/mol. The summed E-state index contributed by atoms with van der Waals surface area (Å²) < 4.78 is 37.7. The Morgan fingerprint density at radius 3 is 2.56 bits per heavy atom. The summed E-state index contributed by atoms with van der Waals surface area (Å²) in [5, 5.41) is 0. The highest BCUT2D eigenvalue weighted by Crippen LogP contribution is 2.27. The van der Waals surface area contributed by atoms with Crippen molar-refractivity contribution < 1.29 is 22.7 Å². The van der Waals surface area contributed by atoms with Crippen molar-refractivity contribution in [1.29, 1.82) is 0 Å². The third-order valence-corrected chi connectivity index (χ3v) is 6.48. The first-order valence-corrected chi connectivity index (χ1v) is 13.0. The molecule has 0 saturated heterocycles. The molecule has 3 rings (SSSR count). The minimum Gasteiger partial charge on any atom is -0.491 e. The molecule has 0 spiro atoms. The zero-order chi connectivity index (χ0) is 24.9. The Kier molecular flexibility index (Phi) is 8.45. The number of rotatable bonds is 5. The Bertz CT molecular complexity index is 1080. The summed E-state index contributed by atoms with van der Waals surface area (Å²) in [5.74, 6) is 0.241. The molecule has 0 radical (unpaired) electrons. The number of carbonyl (C=O) groups excluding carboxylic acids is 1. The molecule has 1 aromatic carbocycles. The predicted molar refractivity (Wildman–Crippen MR) is 129 cm³/mol. The standard InChI is InChI=1S/C23H33N5O5S/c1-16-11-28(12-18-9-24-15-25-10-18)17(2)14-33-21-7-6-19(26-34(5,30)31)8-20(21)23(29)27(3)13-22(16)32-4/h6-10,15-17,22,26H,11-14H2,1-5H3/t16-,17+,22-/m1/s1. The molecule has 1 amide bonds. The van der Waals surface area contributed by atoms with E-state index >= 15 is 0 Å². The number of ether oxygens (including phenoxy) is 2. The molecule has 0 unspecified atom stereocenters. The average Bonchev–Trinajstić information content (AvgIpc) is 2.79. The van der Waals surface area contributed by atoms with Gasteiger partial charge in [-0.3, -0.25) is 14.4 Å². The number of likely N-dealkylation sites (N-methyl/N-ethyl adjacent to an activating group) is 1. The van der Waals surface area contributed by atoms with Crippen LogP contribution >= 0.6 is 0 Å². The predicted octanol–water partition coefficient (Wildman–Crippen LogP) is 1.85. The van der Waals surface area contributed by atoms with Crippen molar-refractivity contribution in [3.63, 3.8) is 0 Å². The third-order valence-electron chi connectivity index (χ3n) is 5.88. The highest BCUT2D eigenvalue weighted by Gasteiger charge is 2.28. The smallest absolute Gasteiger partial charge is 0.257 e. The van der Waals surface area contributed by atoms with E-state index in [4.69, 9.17) is 9.47 Å². The van der Waals surface area contributed by atoms with Gasteiger partial charge in [-0.1, -0.05) is 6.92 Å². The van der Waals surface area contributed by atoms with Gasteiger partial charge in [-0.2, -0.15) is 0 Å². The summed E-state index contributed by atoms with van der Waals surface area (Å²) >= 11 is 0. The number of sulfonamides is 1. The summed E-state index contributed by atoms with van der Waals surface area (Å²) in [4.78, 5) is 25.4. The van der Waals surface area contributed by atoms with Gasteiger partial charge in [0.1, 0.15) is 18.7 Å². The largest absolute Gasteiger partial charge is 0.491 e. The minimum atomic E-state index is -3.49. The summed E-state index contributed by atoms with van der Waals surface area (Å²) in [7, 11) is -0.142. The lowest BCUT2D eigenvalue weighted by molar-refractivity contribution is 0.00918. The monoisotopic (exact) mass is 491 g/mol. The Labute approximate surface area is 201 Å². The Hall–Kier alpha value is -2.76. The lowest BCUT2D eigenvalue weighted by Crippen LogP contribution is -2.46. The Morgan fingerprint density at radius 1 is 1.21 bits per heavy atom. The van der Waals surface area contributed by atoms with Crippen molar-refractivity contribution in [3.8, 4) is 5.75 Å². The van der Waals surface area contributed by atoms with Crippen molar-refractivity contribution >= 4 is 21.6 Å². The van der Waals surface area contributed by atoms with Crippen LogP contribution in [-0.2, 0) is 21.3 Å². The summed E-state index contributed by atoms with van der Waals surface area (Å²) in [6.45, 7) is 6.24. The maximum Gasteiger partial charge on any atom is 0.257 e. The van der Waals surface area contributed by atoms with E-state index in [1.165, 1.54) is 12.4 Å². The van der Waals surface area contributed by atoms with Crippen LogP contribution in [0.5, 0.6) is 5.75 Å². The number of benzene rings is 1. The number of aromatic nitrogens is 2. The molecule has 0 saturated carbocycles. The van der Waals surface area contributed by atoms with Crippen LogP contribution < -0.4 is 9.46 Å². The van der Waals surface area contributed by atoms with Gasteiger partial charge < -0.3 is 14.4 Å². The third kappa shape index (κ3) is 6.87. The van der Waals surface area contributed by atoms with E-state index in [-0.39, 0.29) is 29.5 Å². The molecule has 1 aliphatic rings. The van der Waals surface area contributed by atoms with Gasteiger partial charge in [-0.05, 0) is 31.0 Å². The topological polar surface area (TPSA) is 114 Å². The minimum absolute atomic E-state index is 0.00842. The summed E-state index contributed by atoms with van der Waals surface area (Å²) in [6, 6.07) is 4.73. The second kappa shape index (κ2) is 11.1. The van der Waals surface area contributed by atoms with E-state index in [9.17, 15) is 13.2 Å². The number of carbonyl (C=O) groups is 1. The molecule has 186 valence electrons. The van der Waals surface area contributed by atoms with Crippen LogP contribution in [0, 0.1) is 5.92 Å². The van der Waals surface area contributed by atoms with Gasteiger partial charge in [0.15, 0.2) is 0 Å². The molecule has 2 heterocycles. The number of nitrogens with zero attached hydrogens (tertiary/aromatic N) is 4. The molecule has 0 fully saturated rings. The number of nitrogens with one attached hydrogen (secondary N) is 1. The van der Waals surface area contributed by atoms with Crippen molar-refractivity contribution in [2.24, 2.45) is 5.92 Å². The highest BCUT2D eigenvalue weighted by atomic mass is 32.2. The van der Waals surface area contributed by atoms with Crippen LogP contribution in [-0.4, -0.2) is 86.3 Å². The summed E-state index contributed by atoms with van der Waals surface area (Å²) in [5.41, 5.74) is 1.58. The van der Waals surface area contributed by atoms with E-state index in [0.717, 1.165) is 18.4 Å². The van der Waals surface area contributed by atoms with Gasteiger partial charge in [0.25, 0.3) is 5.91 Å². The second-order valence-electron chi connectivity index (χ2n) is 8.86. The van der Waals surface area contributed by atoms with Crippen molar-refractivity contribution in [1.82, 2.24) is 19.8 Å². The van der Waals surface area contributed by atoms with Crippen LogP contribution in [0.3, 0.4) is 0 Å². The van der Waals surface area contributed by atoms with E-state index in [2.05, 4.69) is 33.4 Å². The molecule has 34 heavy (non-hydrogen) atoms. The van der Waals surface area contributed by atoms with E-state index in [1.807, 2.05) is 0 Å². The number of amides is 1. The zero-order valence-corrected chi connectivity index (χ0v) is 21.1. The molecule has 0 aliphatic carbocycles. The SMILES string of the molecule is CO[C@@H]1CN(C)C(=O)c2cc(NS(C)(=O)=O)ccc2OC[C@H](C)N(Cc2cncnc2)C[C@H]1C. The lowest BCUT2D eigenvalue weighted by Gasteiger charge is -2.36. The molecular formula is C23H33N5O5S. The van der Waals surface area contributed by atoms with Gasteiger partial charge in [0.05, 0.1) is 17.9 Å². The number of fused-ring (bicyclic) bond motifs is 1. The zero-order valence-electron chi connectivity index (χ0n) is 20.3. The van der Waals surface area contributed by atoms with Gasteiger partial charge >= 0.3 is 0 Å². The number of hydrogen-bond acceptors (Lipinski definition) is 8. The number of hydrogen-bond donors (Lipinski definition) is 1. The van der Waals surface area contributed by atoms with E-state index < -0.39 is 10.0 Å². The van der Waals surface area contributed by atoms with Crippen molar-refractivity contribution in [2.75, 3.05) is 44.8 Å². The number of methoxy groups -OCH3 is 1. The molecule has 1 N–H and O–H groups in total. The molecule has 1 aliphatic heterocycles. The molecule has 2 aromatic rings. The first-order chi connectivity index (χ1) is 16.1. The van der Waals surface area contributed by atoms with Gasteiger partial charge in [0.2, 0.25) is 10.0 Å². The first-order valence-electron chi connectivity index (χ1n) is 11.1. The fourth-order valence-electron chi connectivity index (χ4n) is 4.00. The molecule has 0 bridgehead atoms. The van der Waals surface area contributed by atoms with Gasteiger partial charge in [-0.15, -0.1) is 0 Å². The number of anilines is 1. The lowest BCUT2D eigenvalue weighted by atomic mass is 10.0. The maximum absolute atomic E-state index is 13.3. The first kappa shape index (κ1) is 25.9. The Morgan fingerprint density at radius 2 is 1.91 bits per heavy atom. The molecule has 3 atom stereocenters. The highest BCUT2D eigenvalue weighted by molar-refractivity contribution is 7.92. The van der Waals surface area contributed by atoms with Crippen LogP contribution in [0.1, 0.15) is 29.8 Å². The molecule has 1 aromatic heterocycles. The van der Waals surface area contributed by atoms with Gasteiger partial charge in [-0.25, -0.2) is 18.4 Å². The van der Waals surface area contributed by atoms with Crippen LogP contribution in [0.4, 0.5) is 5.69 Å². The van der Waals surface area contributed by atoms with Crippen molar-refractivity contribution in [2.45, 2.75) is 32.5 Å². The Balaban J connectivity index is 1.96. The molecule has 11 heteroatoms. The second-order valence-corrected chi connectivity index (χ2v) is 10.6. The van der Waals surface area contributed by atoms with E-state index in [0.29, 0.717) is 31.1 Å².